The maximum absolute atomic E-state index is 12.4. The Balaban J connectivity index is 1.28. The molecule has 0 saturated carbocycles. The second kappa shape index (κ2) is 8.73. The molecule has 1 aliphatic rings. The molecular formula is C23H24N4O2. The number of hydrogen-bond donors (Lipinski definition) is 1. The summed E-state index contributed by atoms with van der Waals surface area (Å²) in [4.78, 5) is 26.5. The standard InChI is InChI=1S/C23H24N4O2/c28-22(14-19-16-25-27(17-19)21-6-2-1-3-7-21)24-15-18-8-10-20(11-9-18)23(29)26-12-4-5-13-26/h1-3,6-11,16-17H,4-5,12-15H2,(H,24,28). The third-order valence-corrected chi connectivity index (χ3v) is 5.11. The van der Waals surface area contributed by atoms with Crippen LogP contribution in [0.15, 0.2) is 67.0 Å². The van der Waals surface area contributed by atoms with Gasteiger partial charge in [0.25, 0.3) is 5.91 Å². The Morgan fingerprint density at radius 1 is 0.931 bits per heavy atom. The molecule has 6 heteroatoms. The number of nitrogens with one attached hydrogen (secondary N) is 1. The molecule has 2 heterocycles. The average Bonchev–Trinajstić information content (AvgIpc) is 3.45. The Kier molecular flexibility index (Phi) is 5.70. The van der Waals surface area contributed by atoms with Crippen LogP contribution in [-0.4, -0.2) is 39.6 Å². The first-order chi connectivity index (χ1) is 14.2. The van der Waals surface area contributed by atoms with E-state index in [4.69, 9.17) is 0 Å². The Hall–Kier alpha value is -3.41. The van der Waals surface area contributed by atoms with E-state index in [0.717, 1.165) is 42.7 Å². The van der Waals surface area contributed by atoms with E-state index in [0.29, 0.717) is 12.1 Å². The Bertz CT molecular complexity index is 974. The molecule has 0 atom stereocenters. The summed E-state index contributed by atoms with van der Waals surface area (Å²) in [6, 6.07) is 17.3. The van der Waals surface area contributed by atoms with Crippen LogP contribution in [0.25, 0.3) is 5.69 Å². The highest BCUT2D eigenvalue weighted by atomic mass is 16.2. The molecule has 6 nitrogen and oxygen atoms in total. The van der Waals surface area contributed by atoms with Crippen LogP contribution >= 0.6 is 0 Å². The number of likely N-dealkylation sites (tertiary alicyclic amines) is 1. The quantitative estimate of drug-likeness (QED) is 0.706. The topological polar surface area (TPSA) is 67.2 Å². The SMILES string of the molecule is O=C(Cc1cnn(-c2ccccc2)c1)NCc1ccc(C(=O)N2CCCC2)cc1. The molecule has 29 heavy (non-hydrogen) atoms. The number of carbonyl (C=O) groups is 2. The minimum Gasteiger partial charge on any atom is -0.352 e. The number of aromatic nitrogens is 2. The van der Waals surface area contributed by atoms with Gasteiger partial charge in [0.1, 0.15) is 0 Å². The van der Waals surface area contributed by atoms with E-state index in [9.17, 15) is 9.59 Å². The molecule has 2 aromatic carbocycles. The molecule has 0 unspecified atom stereocenters. The van der Waals surface area contributed by atoms with Gasteiger partial charge in [0.15, 0.2) is 0 Å². The summed E-state index contributed by atoms with van der Waals surface area (Å²) in [6.07, 6.45) is 6.03. The van der Waals surface area contributed by atoms with Gasteiger partial charge >= 0.3 is 0 Å². The lowest BCUT2D eigenvalue weighted by Gasteiger charge is -2.15. The van der Waals surface area contributed by atoms with Gasteiger partial charge in [0.2, 0.25) is 5.91 Å². The maximum atomic E-state index is 12.4. The molecule has 1 fully saturated rings. The zero-order chi connectivity index (χ0) is 20.1. The summed E-state index contributed by atoms with van der Waals surface area (Å²) in [5, 5.41) is 7.25. The molecule has 4 rings (SSSR count). The molecule has 0 bridgehead atoms. The highest BCUT2D eigenvalue weighted by Gasteiger charge is 2.19. The van der Waals surface area contributed by atoms with Crippen LogP contribution in [0.3, 0.4) is 0 Å². The molecule has 1 saturated heterocycles. The number of benzene rings is 2. The summed E-state index contributed by atoms with van der Waals surface area (Å²) in [7, 11) is 0. The minimum atomic E-state index is -0.0603. The van der Waals surface area contributed by atoms with Gasteiger partial charge in [-0.05, 0) is 48.2 Å². The van der Waals surface area contributed by atoms with Crippen molar-refractivity contribution in [3.8, 4) is 5.69 Å². The first-order valence-electron chi connectivity index (χ1n) is 9.93. The van der Waals surface area contributed by atoms with E-state index in [1.165, 1.54) is 0 Å². The molecule has 0 spiro atoms. The average molecular weight is 388 g/mol. The lowest BCUT2D eigenvalue weighted by molar-refractivity contribution is -0.120. The van der Waals surface area contributed by atoms with Crippen molar-refractivity contribution in [1.29, 1.82) is 0 Å². The van der Waals surface area contributed by atoms with Gasteiger partial charge in [-0.3, -0.25) is 9.59 Å². The number of nitrogens with zero attached hydrogens (tertiary/aromatic N) is 3. The maximum Gasteiger partial charge on any atom is 0.253 e. The fourth-order valence-electron chi connectivity index (χ4n) is 3.49. The first kappa shape index (κ1) is 18.9. The van der Waals surface area contributed by atoms with Gasteiger partial charge in [-0.25, -0.2) is 4.68 Å². The Morgan fingerprint density at radius 3 is 2.38 bits per heavy atom. The van der Waals surface area contributed by atoms with Gasteiger partial charge in [0, 0.05) is 31.4 Å². The molecule has 0 radical (unpaired) electrons. The number of rotatable bonds is 6. The van der Waals surface area contributed by atoms with Gasteiger partial charge < -0.3 is 10.2 Å². The lowest BCUT2D eigenvalue weighted by atomic mass is 10.1. The monoisotopic (exact) mass is 388 g/mol. The van der Waals surface area contributed by atoms with Gasteiger partial charge in [0.05, 0.1) is 18.3 Å². The predicted octanol–water partition coefficient (Wildman–Crippen LogP) is 2.97. The number of hydrogen-bond acceptors (Lipinski definition) is 3. The van der Waals surface area contributed by atoms with E-state index >= 15 is 0 Å². The summed E-state index contributed by atoms with van der Waals surface area (Å²) in [5.41, 5.74) is 3.49. The lowest BCUT2D eigenvalue weighted by Crippen LogP contribution is -2.27. The van der Waals surface area contributed by atoms with E-state index in [1.54, 1.807) is 10.9 Å². The smallest absolute Gasteiger partial charge is 0.253 e. The van der Waals surface area contributed by atoms with Crippen LogP contribution in [0.4, 0.5) is 0 Å². The molecule has 0 aliphatic carbocycles. The van der Waals surface area contributed by atoms with Crippen molar-refractivity contribution in [2.45, 2.75) is 25.8 Å². The van der Waals surface area contributed by atoms with Crippen LogP contribution in [-0.2, 0) is 17.8 Å². The first-order valence-corrected chi connectivity index (χ1v) is 9.93. The summed E-state index contributed by atoms with van der Waals surface area (Å²) < 4.78 is 1.76. The van der Waals surface area contributed by atoms with Crippen LogP contribution < -0.4 is 5.32 Å². The molecule has 1 aromatic heterocycles. The van der Waals surface area contributed by atoms with Crippen LogP contribution in [0.1, 0.15) is 34.3 Å². The largest absolute Gasteiger partial charge is 0.352 e. The molecule has 148 valence electrons. The summed E-state index contributed by atoms with van der Waals surface area (Å²) in [5.74, 6) is 0.0309. The van der Waals surface area contributed by atoms with Crippen molar-refractivity contribution in [3.63, 3.8) is 0 Å². The van der Waals surface area contributed by atoms with Gasteiger partial charge in [-0.15, -0.1) is 0 Å². The predicted molar refractivity (Wildman–Crippen MR) is 111 cm³/mol. The molecule has 2 amide bonds. The molecular weight excluding hydrogens is 364 g/mol. The Morgan fingerprint density at radius 2 is 1.66 bits per heavy atom. The summed E-state index contributed by atoms with van der Waals surface area (Å²) in [6.45, 7) is 2.12. The third kappa shape index (κ3) is 4.71. The fraction of sp³-hybridized carbons (Fsp3) is 0.261. The van der Waals surface area contributed by atoms with Crippen molar-refractivity contribution in [2.24, 2.45) is 0 Å². The highest BCUT2D eigenvalue weighted by Crippen LogP contribution is 2.14. The van der Waals surface area contributed by atoms with Gasteiger partial charge in [-0.2, -0.15) is 5.10 Å². The third-order valence-electron chi connectivity index (χ3n) is 5.11. The van der Waals surface area contributed by atoms with E-state index in [1.807, 2.05) is 65.7 Å². The van der Waals surface area contributed by atoms with E-state index < -0.39 is 0 Å². The van der Waals surface area contributed by atoms with Crippen LogP contribution in [0.5, 0.6) is 0 Å². The second-order valence-electron chi connectivity index (χ2n) is 7.28. The van der Waals surface area contributed by atoms with Crippen LogP contribution in [0.2, 0.25) is 0 Å². The van der Waals surface area contributed by atoms with E-state index in [2.05, 4.69) is 10.4 Å². The normalized spacial score (nSPS) is 13.4. The van der Waals surface area contributed by atoms with Gasteiger partial charge in [-0.1, -0.05) is 30.3 Å². The van der Waals surface area contributed by atoms with Crippen molar-refractivity contribution in [3.05, 3.63) is 83.7 Å². The summed E-state index contributed by atoms with van der Waals surface area (Å²) >= 11 is 0. The number of carbonyl (C=O) groups excluding carboxylic acids is 2. The number of amides is 2. The van der Waals surface area contributed by atoms with Crippen molar-refractivity contribution in [1.82, 2.24) is 20.0 Å². The number of para-hydroxylation sites is 1. The minimum absolute atomic E-state index is 0.0603. The molecule has 1 aliphatic heterocycles. The van der Waals surface area contributed by atoms with Crippen molar-refractivity contribution >= 4 is 11.8 Å². The zero-order valence-electron chi connectivity index (χ0n) is 16.3. The Labute approximate surface area is 170 Å². The zero-order valence-corrected chi connectivity index (χ0v) is 16.3. The molecule has 3 aromatic rings. The van der Waals surface area contributed by atoms with E-state index in [-0.39, 0.29) is 18.2 Å². The van der Waals surface area contributed by atoms with Crippen molar-refractivity contribution in [2.75, 3.05) is 13.1 Å². The molecule has 1 N–H and O–H groups in total. The fourth-order valence-corrected chi connectivity index (χ4v) is 3.49. The van der Waals surface area contributed by atoms with Crippen molar-refractivity contribution < 1.29 is 9.59 Å². The van der Waals surface area contributed by atoms with Crippen LogP contribution in [0, 0.1) is 0 Å². The highest BCUT2D eigenvalue weighted by molar-refractivity contribution is 5.94. The second-order valence-corrected chi connectivity index (χ2v) is 7.28.